The van der Waals surface area contributed by atoms with Crippen molar-refractivity contribution in [1.82, 2.24) is 0 Å². The van der Waals surface area contributed by atoms with Crippen LogP contribution in [0.25, 0.3) is 0 Å². The summed E-state index contributed by atoms with van der Waals surface area (Å²) in [7, 11) is 0. The fraction of sp³-hybridized carbons (Fsp3) is 0.333. The van der Waals surface area contributed by atoms with Gasteiger partial charge in [-0.2, -0.15) is 0 Å². The maximum Gasteiger partial charge on any atom is 0.337 e. The summed E-state index contributed by atoms with van der Waals surface area (Å²) in [5.41, 5.74) is 1.81. The van der Waals surface area contributed by atoms with Gasteiger partial charge in [-0.1, -0.05) is 25.4 Å². The Hall–Kier alpha value is -2.53. The number of anilines is 2. The summed E-state index contributed by atoms with van der Waals surface area (Å²) >= 11 is 5.84. The zero-order valence-corrected chi connectivity index (χ0v) is 16.2. The molecule has 0 bridgehead atoms. The van der Waals surface area contributed by atoms with E-state index in [0.717, 1.165) is 19.5 Å². The molecular weight excluding hydrogens is 364 g/mol. The third kappa shape index (κ3) is 4.61. The second kappa shape index (κ2) is 8.01. The molecule has 0 saturated carbocycles. The predicted octanol–water partition coefficient (Wildman–Crippen LogP) is 4.77. The summed E-state index contributed by atoms with van der Waals surface area (Å²) in [6, 6.07) is 11.6. The maximum absolute atomic E-state index is 12.4. The molecule has 1 heterocycles. The minimum atomic E-state index is -1.00. The number of nitrogens with one attached hydrogen (secondary N) is 1. The molecule has 0 aromatic heterocycles. The summed E-state index contributed by atoms with van der Waals surface area (Å²) < 4.78 is 0. The zero-order valence-electron chi connectivity index (χ0n) is 15.4. The van der Waals surface area contributed by atoms with Gasteiger partial charge in [-0.05, 0) is 60.7 Å². The minimum Gasteiger partial charge on any atom is -0.478 e. The largest absolute Gasteiger partial charge is 0.478 e. The first kappa shape index (κ1) is 19.2. The van der Waals surface area contributed by atoms with Gasteiger partial charge in [0.05, 0.1) is 11.3 Å². The van der Waals surface area contributed by atoms with E-state index in [1.807, 2.05) is 0 Å². The Kier molecular flexibility index (Phi) is 5.71. The molecule has 2 N–H and O–H groups in total. The van der Waals surface area contributed by atoms with Crippen molar-refractivity contribution in [3.05, 3.63) is 58.6 Å². The minimum absolute atomic E-state index is 0.199. The number of carboxylic acid groups (broad SMARTS) is 1. The van der Waals surface area contributed by atoms with E-state index in [1.54, 1.807) is 36.4 Å². The van der Waals surface area contributed by atoms with E-state index in [1.165, 1.54) is 6.07 Å². The monoisotopic (exact) mass is 386 g/mol. The van der Waals surface area contributed by atoms with Crippen molar-refractivity contribution in [1.29, 1.82) is 0 Å². The molecule has 1 aliphatic heterocycles. The molecule has 1 amide bonds. The molecule has 2 aromatic rings. The average Bonchev–Trinajstić information content (AvgIpc) is 2.61. The predicted molar refractivity (Wildman–Crippen MR) is 108 cm³/mol. The molecule has 27 heavy (non-hydrogen) atoms. The third-order valence-electron chi connectivity index (χ3n) is 4.80. The van der Waals surface area contributed by atoms with E-state index >= 15 is 0 Å². The first-order chi connectivity index (χ1) is 12.8. The first-order valence-corrected chi connectivity index (χ1v) is 9.40. The van der Waals surface area contributed by atoms with Crippen molar-refractivity contribution in [2.45, 2.75) is 20.3 Å². The second-order valence-corrected chi connectivity index (χ2v) is 7.79. The van der Waals surface area contributed by atoms with Crippen molar-refractivity contribution in [2.24, 2.45) is 11.8 Å². The molecule has 1 saturated heterocycles. The fourth-order valence-electron chi connectivity index (χ4n) is 3.73. The van der Waals surface area contributed by atoms with E-state index in [4.69, 9.17) is 11.6 Å². The van der Waals surface area contributed by atoms with Crippen LogP contribution in [-0.4, -0.2) is 30.1 Å². The lowest BCUT2D eigenvalue weighted by Crippen LogP contribution is -2.39. The Bertz CT molecular complexity index is 841. The van der Waals surface area contributed by atoms with E-state index in [0.29, 0.717) is 33.8 Å². The van der Waals surface area contributed by atoms with Crippen LogP contribution in [0.4, 0.5) is 11.4 Å². The van der Waals surface area contributed by atoms with Crippen LogP contribution in [0.5, 0.6) is 0 Å². The van der Waals surface area contributed by atoms with Crippen LogP contribution in [0, 0.1) is 11.8 Å². The fourth-order valence-corrected chi connectivity index (χ4v) is 3.85. The van der Waals surface area contributed by atoms with E-state index in [9.17, 15) is 14.7 Å². The van der Waals surface area contributed by atoms with Gasteiger partial charge in [-0.15, -0.1) is 0 Å². The summed E-state index contributed by atoms with van der Waals surface area (Å²) in [5, 5.41) is 13.0. The van der Waals surface area contributed by atoms with Crippen LogP contribution in [0.2, 0.25) is 5.02 Å². The Morgan fingerprint density at radius 3 is 2.30 bits per heavy atom. The summed E-state index contributed by atoms with van der Waals surface area (Å²) in [6.45, 7) is 6.04. The van der Waals surface area contributed by atoms with Gasteiger partial charge < -0.3 is 15.3 Å². The number of benzene rings is 2. The van der Waals surface area contributed by atoms with Crippen molar-refractivity contribution in [3.8, 4) is 0 Å². The molecule has 2 aromatic carbocycles. The van der Waals surface area contributed by atoms with Gasteiger partial charge in [-0.3, -0.25) is 4.79 Å². The van der Waals surface area contributed by atoms with Crippen molar-refractivity contribution < 1.29 is 14.7 Å². The zero-order chi connectivity index (χ0) is 19.6. The number of piperidine rings is 1. The van der Waals surface area contributed by atoms with Crippen LogP contribution < -0.4 is 10.2 Å². The molecule has 142 valence electrons. The van der Waals surface area contributed by atoms with Crippen molar-refractivity contribution in [2.75, 3.05) is 23.3 Å². The normalized spacial score (nSPS) is 19.6. The molecule has 1 fully saturated rings. The highest BCUT2D eigenvalue weighted by molar-refractivity contribution is 6.30. The molecule has 2 atom stereocenters. The highest BCUT2D eigenvalue weighted by atomic mass is 35.5. The standard InChI is InChI=1S/C21H23ClN2O3/c1-13-9-14(2)12-24(11-13)19-8-7-17(10-18(19)21(26)27)23-20(25)15-3-5-16(22)6-4-15/h3-8,10,13-14H,9,11-12H2,1-2H3,(H,23,25)(H,26,27)/t13-,14-/m0/s1. The molecule has 0 radical (unpaired) electrons. The van der Waals surface area contributed by atoms with Crippen LogP contribution in [0.15, 0.2) is 42.5 Å². The molecular formula is C21H23ClN2O3. The van der Waals surface area contributed by atoms with E-state index in [2.05, 4.69) is 24.1 Å². The number of hydrogen-bond donors (Lipinski definition) is 2. The van der Waals surface area contributed by atoms with E-state index in [-0.39, 0.29) is 11.5 Å². The Morgan fingerprint density at radius 1 is 1.07 bits per heavy atom. The lowest BCUT2D eigenvalue weighted by Gasteiger charge is -2.37. The number of carboxylic acids is 1. The SMILES string of the molecule is C[C@H]1C[C@H](C)CN(c2ccc(NC(=O)c3ccc(Cl)cc3)cc2C(=O)O)C1. The van der Waals surface area contributed by atoms with Gasteiger partial charge in [0.15, 0.2) is 0 Å². The summed E-state index contributed by atoms with van der Waals surface area (Å²) in [6.07, 6.45) is 1.15. The molecule has 0 aliphatic carbocycles. The van der Waals surface area contributed by atoms with Crippen molar-refractivity contribution in [3.63, 3.8) is 0 Å². The van der Waals surface area contributed by atoms with Crippen LogP contribution in [0.1, 0.15) is 41.0 Å². The molecule has 0 spiro atoms. The maximum atomic E-state index is 12.4. The number of halogens is 1. The van der Waals surface area contributed by atoms with E-state index < -0.39 is 5.97 Å². The number of nitrogens with zero attached hydrogens (tertiary/aromatic N) is 1. The molecule has 3 rings (SSSR count). The lowest BCUT2D eigenvalue weighted by atomic mass is 9.91. The first-order valence-electron chi connectivity index (χ1n) is 9.02. The second-order valence-electron chi connectivity index (χ2n) is 7.35. The van der Waals surface area contributed by atoms with Crippen molar-refractivity contribution >= 4 is 34.9 Å². The van der Waals surface area contributed by atoms with Gasteiger partial charge in [0, 0.05) is 29.4 Å². The number of amides is 1. The summed E-state index contributed by atoms with van der Waals surface area (Å²) in [4.78, 5) is 26.3. The topological polar surface area (TPSA) is 69.6 Å². The average molecular weight is 387 g/mol. The van der Waals surface area contributed by atoms with Gasteiger partial charge in [-0.25, -0.2) is 4.79 Å². The lowest BCUT2D eigenvalue weighted by molar-refractivity contribution is 0.0697. The molecule has 0 unspecified atom stereocenters. The summed E-state index contributed by atoms with van der Waals surface area (Å²) in [5.74, 6) is -0.284. The van der Waals surface area contributed by atoms with Gasteiger partial charge in [0.25, 0.3) is 5.91 Å². The highest BCUT2D eigenvalue weighted by Gasteiger charge is 2.25. The number of rotatable bonds is 4. The number of carbonyl (C=O) groups excluding carboxylic acids is 1. The molecule has 6 heteroatoms. The molecule has 1 aliphatic rings. The van der Waals surface area contributed by atoms with Gasteiger partial charge >= 0.3 is 5.97 Å². The van der Waals surface area contributed by atoms with Crippen LogP contribution >= 0.6 is 11.6 Å². The van der Waals surface area contributed by atoms with Crippen LogP contribution in [0.3, 0.4) is 0 Å². The Balaban J connectivity index is 1.84. The van der Waals surface area contributed by atoms with Crippen LogP contribution in [-0.2, 0) is 0 Å². The number of carbonyl (C=O) groups is 2. The Labute approximate surface area is 163 Å². The Morgan fingerprint density at radius 2 is 1.70 bits per heavy atom. The third-order valence-corrected chi connectivity index (χ3v) is 5.05. The number of hydrogen-bond acceptors (Lipinski definition) is 3. The van der Waals surface area contributed by atoms with Gasteiger partial charge in [0.1, 0.15) is 0 Å². The quantitative estimate of drug-likeness (QED) is 0.793. The smallest absolute Gasteiger partial charge is 0.337 e. The number of aromatic carboxylic acids is 1. The molecule has 5 nitrogen and oxygen atoms in total. The highest BCUT2D eigenvalue weighted by Crippen LogP contribution is 2.30. The van der Waals surface area contributed by atoms with Gasteiger partial charge in [0.2, 0.25) is 0 Å².